The summed E-state index contributed by atoms with van der Waals surface area (Å²) < 4.78 is 5.67. The van der Waals surface area contributed by atoms with Crippen molar-refractivity contribution in [2.75, 3.05) is 43.3 Å². The van der Waals surface area contributed by atoms with Gasteiger partial charge in [0.2, 0.25) is 5.91 Å². The van der Waals surface area contributed by atoms with Crippen LogP contribution in [0.5, 0.6) is 5.75 Å². The van der Waals surface area contributed by atoms with E-state index >= 15 is 0 Å². The molecule has 0 spiro atoms. The maximum absolute atomic E-state index is 11.2. The Balaban J connectivity index is 2.81. The van der Waals surface area contributed by atoms with Gasteiger partial charge in [0.15, 0.2) is 0 Å². The Bertz CT molecular complexity index is 463. The summed E-state index contributed by atoms with van der Waals surface area (Å²) in [6.45, 7) is 6.54. The second kappa shape index (κ2) is 10.7. The van der Waals surface area contributed by atoms with E-state index in [0.29, 0.717) is 18.4 Å². The van der Waals surface area contributed by atoms with Crippen LogP contribution in [-0.2, 0) is 11.2 Å². The molecular formula is C16H24Cl2N2O2. The molecular weight excluding hydrogens is 323 g/mol. The maximum atomic E-state index is 11.2. The zero-order valence-corrected chi connectivity index (χ0v) is 14.7. The van der Waals surface area contributed by atoms with E-state index in [2.05, 4.69) is 10.2 Å². The summed E-state index contributed by atoms with van der Waals surface area (Å²) in [7, 11) is 0. The van der Waals surface area contributed by atoms with Crippen molar-refractivity contribution in [2.24, 2.45) is 0 Å². The highest BCUT2D eigenvalue weighted by Gasteiger charge is 2.09. The third-order valence-electron chi connectivity index (χ3n) is 3.18. The minimum absolute atomic E-state index is 0.0824. The van der Waals surface area contributed by atoms with Crippen molar-refractivity contribution in [1.82, 2.24) is 4.90 Å². The van der Waals surface area contributed by atoms with Crippen LogP contribution in [0.15, 0.2) is 18.2 Å². The fourth-order valence-electron chi connectivity index (χ4n) is 2.21. The van der Waals surface area contributed by atoms with Gasteiger partial charge in [-0.1, -0.05) is 0 Å². The first-order chi connectivity index (χ1) is 10.6. The topological polar surface area (TPSA) is 41.6 Å². The number of halogens is 2. The molecule has 6 heteroatoms. The van der Waals surface area contributed by atoms with E-state index in [0.717, 1.165) is 43.1 Å². The first-order valence-corrected chi connectivity index (χ1v) is 8.55. The van der Waals surface area contributed by atoms with E-state index in [1.54, 1.807) is 0 Å². The van der Waals surface area contributed by atoms with Crippen molar-refractivity contribution in [2.45, 2.75) is 20.3 Å². The number of amides is 1. The van der Waals surface area contributed by atoms with Gasteiger partial charge in [-0.05, 0) is 37.1 Å². The van der Waals surface area contributed by atoms with Crippen LogP contribution in [0.2, 0.25) is 0 Å². The zero-order valence-electron chi connectivity index (χ0n) is 13.2. The molecule has 0 unspecified atom stereocenters. The lowest BCUT2D eigenvalue weighted by Gasteiger charge is -2.21. The largest absolute Gasteiger partial charge is 0.494 e. The smallest absolute Gasteiger partial charge is 0.221 e. The molecule has 0 aromatic heterocycles. The molecule has 0 saturated carbocycles. The fraction of sp³-hybridized carbons (Fsp3) is 0.562. The minimum atomic E-state index is -0.0824. The van der Waals surface area contributed by atoms with Crippen molar-refractivity contribution < 1.29 is 9.53 Å². The van der Waals surface area contributed by atoms with Gasteiger partial charge >= 0.3 is 0 Å². The Morgan fingerprint density at radius 1 is 1.23 bits per heavy atom. The summed E-state index contributed by atoms with van der Waals surface area (Å²) in [6.07, 6.45) is 0.816. The quantitative estimate of drug-likeness (QED) is 0.660. The van der Waals surface area contributed by atoms with E-state index in [-0.39, 0.29) is 5.91 Å². The average molecular weight is 347 g/mol. The summed E-state index contributed by atoms with van der Waals surface area (Å²) in [5.41, 5.74) is 1.86. The summed E-state index contributed by atoms with van der Waals surface area (Å²) >= 11 is 11.6. The molecule has 22 heavy (non-hydrogen) atoms. The third kappa shape index (κ3) is 6.86. The minimum Gasteiger partial charge on any atom is -0.494 e. The van der Waals surface area contributed by atoms with Gasteiger partial charge in [-0.2, -0.15) is 0 Å². The Hall–Kier alpha value is -0.970. The molecule has 0 fully saturated rings. The molecule has 0 aliphatic rings. The second-order valence-corrected chi connectivity index (χ2v) is 5.66. The number of ether oxygens (including phenoxy) is 1. The summed E-state index contributed by atoms with van der Waals surface area (Å²) in [5, 5.41) is 2.80. The number of hydrogen-bond acceptors (Lipinski definition) is 3. The SMILES string of the molecule is CCOc1ccc(NC(C)=O)cc1CCN(CCCl)CCCl. The number of carbonyl (C=O) groups is 1. The molecule has 1 amide bonds. The number of nitrogens with zero attached hydrogens (tertiary/aromatic N) is 1. The van der Waals surface area contributed by atoms with Gasteiger partial charge in [0, 0.05) is 44.0 Å². The average Bonchev–Trinajstić information content (AvgIpc) is 2.47. The van der Waals surface area contributed by atoms with E-state index in [1.807, 2.05) is 25.1 Å². The van der Waals surface area contributed by atoms with E-state index < -0.39 is 0 Å². The molecule has 124 valence electrons. The van der Waals surface area contributed by atoms with Gasteiger partial charge in [0.25, 0.3) is 0 Å². The van der Waals surface area contributed by atoms with Gasteiger partial charge < -0.3 is 15.0 Å². The number of hydrogen-bond donors (Lipinski definition) is 1. The molecule has 0 atom stereocenters. The highest BCUT2D eigenvalue weighted by molar-refractivity contribution is 6.18. The molecule has 0 aliphatic heterocycles. The lowest BCUT2D eigenvalue weighted by Crippen LogP contribution is -2.30. The Morgan fingerprint density at radius 2 is 1.91 bits per heavy atom. The molecule has 1 N–H and O–H groups in total. The Kier molecular flexibility index (Phi) is 9.28. The van der Waals surface area contributed by atoms with Crippen LogP contribution in [0.3, 0.4) is 0 Å². The van der Waals surface area contributed by atoms with E-state index in [4.69, 9.17) is 27.9 Å². The van der Waals surface area contributed by atoms with Crippen molar-refractivity contribution in [1.29, 1.82) is 0 Å². The zero-order chi connectivity index (χ0) is 16.4. The predicted octanol–water partition coefficient (Wildman–Crippen LogP) is 3.37. The van der Waals surface area contributed by atoms with Crippen molar-refractivity contribution in [3.8, 4) is 5.75 Å². The van der Waals surface area contributed by atoms with Crippen LogP contribution >= 0.6 is 23.2 Å². The summed E-state index contributed by atoms with van der Waals surface area (Å²) in [5.74, 6) is 1.94. The lowest BCUT2D eigenvalue weighted by molar-refractivity contribution is -0.114. The molecule has 4 nitrogen and oxygen atoms in total. The molecule has 0 aliphatic carbocycles. The summed E-state index contributed by atoms with van der Waals surface area (Å²) in [4.78, 5) is 13.4. The second-order valence-electron chi connectivity index (χ2n) is 4.91. The first kappa shape index (κ1) is 19.1. The van der Waals surface area contributed by atoms with Crippen LogP contribution in [0.1, 0.15) is 19.4 Å². The van der Waals surface area contributed by atoms with Gasteiger partial charge in [-0.25, -0.2) is 0 Å². The number of carbonyl (C=O) groups excluding carboxylic acids is 1. The monoisotopic (exact) mass is 346 g/mol. The maximum Gasteiger partial charge on any atom is 0.221 e. The number of rotatable bonds is 10. The fourth-order valence-corrected chi connectivity index (χ4v) is 2.68. The van der Waals surface area contributed by atoms with Crippen LogP contribution in [0, 0.1) is 0 Å². The van der Waals surface area contributed by atoms with Gasteiger partial charge in [0.05, 0.1) is 6.61 Å². The van der Waals surface area contributed by atoms with Gasteiger partial charge in [0.1, 0.15) is 5.75 Å². The van der Waals surface area contributed by atoms with Crippen molar-refractivity contribution in [3.63, 3.8) is 0 Å². The molecule has 1 aromatic rings. The summed E-state index contributed by atoms with van der Waals surface area (Å²) in [6, 6.07) is 5.72. The number of alkyl halides is 2. The van der Waals surface area contributed by atoms with Crippen molar-refractivity contribution in [3.05, 3.63) is 23.8 Å². The Morgan fingerprint density at radius 3 is 2.45 bits per heavy atom. The Labute approximate surface area is 142 Å². The first-order valence-electron chi connectivity index (χ1n) is 7.48. The molecule has 0 saturated heterocycles. The van der Waals surface area contributed by atoms with Crippen LogP contribution in [0.4, 0.5) is 5.69 Å². The number of nitrogens with one attached hydrogen (secondary N) is 1. The standard InChI is InChI=1S/C16H24Cl2N2O2/c1-3-22-16-5-4-15(19-13(2)21)12-14(16)6-9-20(10-7-17)11-8-18/h4-5,12H,3,6-11H2,1-2H3,(H,19,21). The predicted molar refractivity (Wildman–Crippen MR) is 93.5 cm³/mol. The van der Waals surface area contributed by atoms with Crippen LogP contribution in [-0.4, -0.2) is 48.8 Å². The van der Waals surface area contributed by atoms with Crippen LogP contribution < -0.4 is 10.1 Å². The number of benzene rings is 1. The van der Waals surface area contributed by atoms with Crippen LogP contribution in [0.25, 0.3) is 0 Å². The molecule has 0 radical (unpaired) electrons. The molecule has 1 aromatic carbocycles. The van der Waals surface area contributed by atoms with Gasteiger partial charge in [-0.3, -0.25) is 4.79 Å². The normalized spacial score (nSPS) is 10.8. The lowest BCUT2D eigenvalue weighted by atomic mass is 10.1. The van der Waals surface area contributed by atoms with E-state index in [1.165, 1.54) is 6.92 Å². The highest BCUT2D eigenvalue weighted by atomic mass is 35.5. The third-order valence-corrected chi connectivity index (χ3v) is 3.52. The molecule has 1 rings (SSSR count). The van der Waals surface area contributed by atoms with Crippen molar-refractivity contribution >= 4 is 34.8 Å². The van der Waals surface area contributed by atoms with Gasteiger partial charge in [-0.15, -0.1) is 23.2 Å². The number of anilines is 1. The van der Waals surface area contributed by atoms with E-state index in [9.17, 15) is 4.79 Å². The highest BCUT2D eigenvalue weighted by Crippen LogP contribution is 2.24. The molecule has 0 heterocycles. The molecule has 0 bridgehead atoms.